The molecule has 0 unspecified atom stereocenters. The Labute approximate surface area is 142 Å². The standard InChI is InChI=1S/C18H14N4OS/c1-2-10-24-18-22-21-17(23-18)13-8-9-14-15(11-13)20-16(19-14)12-6-4-3-5-7-12/h2-9,11H,1,10H2,(H,19,20). The maximum absolute atomic E-state index is 5.67. The number of nitrogens with zero attached hydrogens (tertiary/aromatic N) is 3. The van der Waals surface area contributed by atoms with Crippen LogP contribution in [0.15, 0.2) is 70.8 Å². The first-order valence-electron chi connectivity index (χ1n) is 7.46. The van der Waals surface area contributed by atoms with Crippen molar-refractivity contribution in [1.82, 2.24) is 20.2 Å². The van der Waals surface area contributed by atoms with E-state index in [9.17, 15) is 0 Å². The van der Waals surface area contributed by atoms with Crippen molar-refractivity contribution in [3.8, 4) is 22.8 Å². The minimum atomic E-state index is 0.499. The molecule has 2 heterocycles. The van der Waals surface area contributed by atoms with E-state index in [0.717, 1.165) is 33.7 Å². The smallest absolute Gasteiger partial charge is 0.277 e. The highest BCUT2D eigenvalue weighted by Crippen LogP contribution is 2.27. The highest BCUT2D eigenvalue weighted by Gasteiger charge is 2.11. The predicted molar refractivity (Wildman–Crippen MR) is 95.7 cm³/mol. The van der Waals surface area contributed by atoms with Gasteiger partial charge < -0.3 is 9.40 Å². The number of imidazole rings is 1. The normalized spacial score (nSPS) is 11.0. The number of rotatable bonds is 5. The molecule has 0 aliphatic rings. The summed E-state index contributed by atoms with van der Waals surface area (Å²) in [5, 5.41) is 8.68. The zero-order chi connectivity index (χ0) is 16.4. The third-order valence-electron chi connectivity index (χ3n) is 3.51. The highest BCUT2D eigenvalue weighted by molar-refractivity contribution is 7.99. The first kappa shape index (κ1) is 14.7. The van der Waals surface area contributed by atoms with Crippen LogP contribution < -0.4 is 0 Å². The van der Waals surface area contributed by atoms with Crippen molar-refractivity contribution in [3.63, 3.8) is 0 Å². The van der Waals surface area contributed by atoms with E-state index in [0.29, 0.717) is 11.1 Å². The number of benzene rings is 2. The van der Waals surface area contributed by atoms with E-state index in [2.05, 4.69) is 26.7 Å². The quantitative estimate of drug-likeness (QED) is 0.428. The number of hydrogen-bond acceptors (Lipinski definition) is 5. The molecule has 0 aliphatic heterocycles. The summed E-state index contributed by atoms with van der Waals surface area (Å²) in [6, 6.07) is 15.9. The fraction of sp³-hybridized carbons (Fsp3) is 0.0556. The Morgan fingerprint density at radius 3 is 2.79 bits per heavy atom. The van der Waals surface area contributed by atoms with Crippen LogP contribution in [0.4, 0.5) is 0 Å². The van der Waals surface area contributed by atoms with Gasteiger partial charge in [0.05, 0.1) is 11.0 Å². The zero-order valence-corrected chi connectivity index (χ0v) is 13.6. The summed E-state index contributed by atoms with van der Waals surface area (Å²) >= 11 is 1.46. The lowest BCUT2D eigenvalue weighted by Crippen LogP contribution is -1.78. The highest BCUT2D eigenvalue weighted by atomic mass is 32.2. The van der Waals surface area contributed by atoms with E-state index in [1.165, 1.54) is 11.8 Å². The Morgan fingerprint density at radius 1 is 1.08 bits per heavy atom. The second kappa shape index (κ2) is 6.33. The molecular weight excluding hydrogens is 320 g/mol. The summed E-state index contributed by atoms with van der Waals surface area (Å²) in [5.41, 5.74) is 3.75. The number of hydrogen-bond donors (Lipinski definition) is 1. The molecule has 5 nitrogen and oxygen atoms in total. The van der Waals surface area contributed by atoms with Crippen LogP contribution in [0.2, 0.25) is 0 Å². The van der Waals surface area contributed by atoms with Gasteiger partial charge in [-0.15, -0.1) is 16.8 Å². The molecule has 0 bridgehead atoms. The molecule has 2 aromatic heterocycles. The van der Waals surface area contributed by atoms with E-state index >= 15 is 0 Å². The molecule has 0 fully saturated rings. The summed E-state index contributed by atoms with van der Waals surface area (Å²) in [7, 11) is 0. The molecule has 6 heteroatoms. The Morgan fingerprint density at radius 2 is 1.96 bits per heavy atom. The Kier molecular flexibility index (Phi) is 3.88. The molecule has 0 amide bonds. The van der Waals surface area contributed by atoms with Crippen molar-refractivity contribution in [2.24, 2.45) is 0 Å². The summed E-state index contributed by atoms with van der Waals surface area (Å²) in [5.74, 6) is 2.08. The van der Waals surface area contributed by atoms with Gasteiger partial charge in [-0.25, -0.2) is 4.98 Å². The number of aromatic nitrogens is 4. The van der Waals surface area contributed by atoms with Crippen LogP contribution in [0.25, 0.3) is 33.9 Å². The number of thioether (sulfide) groups is 1. The number of nitrogens with one attached hydrogen (secondary N) is 1. The Hall–Kier alpha value is -2.86. The van der Waals surface area contributed by atoms with E-state index in [4.69, 9.17) is 4.42 Å². The summed E-state index contributed by atoms with van der Waals surface area (Å²) in [6.45, 7) is 3.68. The van der Waals surface area contributed by atoms with Gasteiger partial charge in [0.15, 0.2) is 0 Å². The Bertz CT molecular complexity index is 991. The average Bonchev–Trinajstić information content (AvgIpc) is 3.27. The molecule has 24 heavy (non-hydrogen) atoms. The second-order valence-corrected chi connectivity index (χ2v) is 6.13. The van der Waals surface area contributed by atoms with Crippen LogP contribution >= 0.6 is 11.8 Å². The van der Waals surface area contributed by atoms with Gasteiger partial charge >= 0.3 is 0 Å². The number of aromatic amines is 1. The third kappa shape index (κ3) is 2.83. The molecule has 0 saturated heterocycles. The Balaban J connectivity index is 1.68. The molecule has 0 atom stereocenters. The SMILES string of the molecule is C=CCSc1nnc(-c2ccc3nc(-c4ccccc4)[nH]c3c2)o1. The van der Waals surface area contributed by atoms with Gasteiger partial charge in [-0.3, -0.25) is 0 Å². The van der Waals surface area contributed by atoms with Crippen molar-refractivity contribution in [2.45, 2.75) is 5.22 Å². The lowest BCUT2D eigenvalue weighted by molar-refractivity contribution is 0.466. The van der Waals surface area contributed by atoms with Crippen molar-refractivity contribution in [1.29, 1.82) is 0 Å². The number of fused-ring (bicyclic) bond motifs is 1. The largest absolute Gasteiger partial charge is 0.411 e. The van der Waals surface area contributed by atoms with Crippen LogP contribution in [0.1, 0.15) is 0 Å². The minimum Gasteiger partial charge on any atom is -0.411 e. The summed E-state index contributed by atoms with van der Waals surface area (Å²) < 4.78 is 5.67. The van der Waals surface area contributed by atoms with Crippen molar-refractivity contribution in [3.05, 3.63) is 61.2 Å². The van der Waals surface area contributed by atoms with Crippen LogP contribution in [-0.2, 0) is 0 Å². The van der Waals surface area contributed by atoms with Gasteiger partial charge in [0, 0.05) is 16.9 Å². The second-order valence-electron chi connectivity index (χ2n) is 5.16. The number of H-pyrrole nitrogens is 1. The lowest BCUT2D eigenvalue weighted by Gasteiger charge is -1.94. The maximum Gasteiger partial charge on any atom is 0.277 e. The third-order valence-corrected chi connectivity index (χ3v) is 4.32. The first-order chi connectivity index (χ1) is 11.8. The van der Waals surface area contributed by atoms with Crippen LogP contribution in [-0.4, -0.2) is 25.9 Å². The van der Waals surface area contributed by atoms with Crippen LogP contribution in [0, 0.1) is 0 Å². The van der Waals surface area contributed by atoms with Gasteiger partial charge in [-0.05, 0) is 18.2 Å². The molecule has 4 aromatic rings. The molecular formula is C18H14N4OS. The van der Waals surface area contributed by atoms with Gasteiger partial charge in [0.1, 0.15) is 5.82 Å². The van der Waals surface area contributed by atoms with Gasteiger partial charge in [-0.1, -0.05) is 48.2 Å². The predicted octanol–water partition coefficient (Wildman–Crippen LogP) is 4.56. The van der Waals surface area contributed by atoms with E-state index < -0.39 is 0 Å². The summed E-state index contributed by atoms with van der Waals surface area (Å²) in [4.78, 5) is 7.97. The molecule has 2 aromatic carbocycles. The van der Waals surface area contributed by atoms with Crippen molar-refractivity contribution >= 4 is 22.8 Å². The van der Waals surface area contributed by atoms with Gasteiger partial charge in [-0.2, -0.15) is 0 Å². The van der Waals surface area contributed by atoms with Crippen LogP contribution in [0.3, 0.4) is 0 Å². The van der Waals surface area contributed by atoms with E-state index in [1.807, 2.05) is 48.5 Å². The molecule has 0 radical (unpaired) electrons. The fourth-order valence-electron chi connectivity index (χ4n) is 2.39. The topological polar surface area (TPSA) is 67.6 Å². The zero-order valence-electron chi connectivity index (χ0n) is 12.8. The first-order valence-corrected chi connectivity index (χ1v) is 8.45. The van der Waals surface area contributed by atoms with E-state index in [-0.39, 0.29) is 0 Å². The monoisotopic (exact) mass is 334 g/mol. The van der Waals surface area contributed by atoms with Crippen molar-refractivity contribution in [2.75, 3.05) is 5.75 Å². The molecule has 0 spiro atoms. The van der Waals surface area contributed by atoms with E-state index in [1.54, 1.807) is 6.08 Å². The molecule has 118 valence electrons. The maximum atomic E-state index is 5.67. The molecule has 0 saturated carbocycles. The summed E-state index contributed by atoms with van der Waals surface area (Å²) in [6.07, 6.45) is 1.80. The van der Waals surface area contributed by atoms with Crippen molar-refractivity contribution < 1.29 is 4.42 Å². The average molecular weight is 334 g/mol. The van der Waals surface area contributed by atoms with Gasteiger partial charge in [0.25, 0.3) is 5.22 Å². The minimum absolute atomic E-state index is 0.499. The lowest BCUT2D eigenvalue weighted by atomic mass is 10.2. The molecule has 1 N–H and O–H groups in total. The van der Waals surface area contributed by atoms with Crippen LogP contribution in [0.5, 0.6) is 0 Å². The fourth-order valence-corrected chi connectivity index (χ4v) is 2.89. The molecule has 4 rings (SSSR count). The molecule has 0 aliphatic carbocycles. The van der Waals surface area contributed by atoms with Gasteiger partial charge in [0.2, 0.25) is 5.89 Å².